The molecule has 132 valence electrons. The molecule has 1 N–H and O–H groups in total. The molecule has 25 heavy (non-hydrogen) atoms. The zero-order valence-electron chi connectivity index (χ0n) is 14.3. The van der Waals surface area contributed by atoms with Gasteiger partial charge in [0.25, 0.3) is 5.91 Å². The summed E-state index contributed by atoms with van der Waals surface area (Å²) in [6.07, 6.45) is 8.62. The van der Waals surface area contributed by atoms with Crippen molar-refractivity contribution in [3.63, 3.8) is 0 Å². The van der Waals surface area contributed by atoms with E-state index in [4.69, 9.17) is 4.74 Å². The summed E-state index contributed by atoms with van der Waals surface area (Å²) in [7, 11) is 1.73. The molecule has 7 nitrogen and oxygen atoms in total. The summed E-state index contributed by atoms with van der Waals surface area (Å²) in [5, 5.41) is 3.09. The van der Waals surface area contributed by atoms with Crippen molar-refractivity contribution in [2.45, 2.75) is 37.5 Å². The number of aromatic nitrogens is 3. The van der Waals surface area contributed by atoms with E-state index < -0.39 is 0 Å². The van der Waals surface area contributed by atoms with Crippen molar-refractivity contribution < 1.29 is 9.53 Å². The molecule has 2 aromatic rings. The highest BCUT2D eigenvalue weighted by atomic mass is 16.5. The van der Waals surface area contributed by atoms with E-state index >= 15 is 0 Å². The Labute approximate surface area is 147 Å². The molecule has 0 aromatic carbocycles. The molecule has 1 aliphatic heterocycles. The van der Waals surface area contributed by atoms with Crippen LogP contribution in [0.2, 0.25) is 0 Å². The van der Waals surface area contributed by atoms with Gasteiger partial charge in [-0.25, -0.2) is 9.97 Å². The third kappa shape index (κ3) is 3.37. The van der Waals surface area contributed by atoms with Gasteiger partial charge < -0.3 is 19.5 Å². The van der Waals surface area contributed by atoms with Gasteiger partial charge in [0.05, 0.1) is 12.1 Å². The average Bonchev–Trinajstić information content (AvgIpc) is 3.22. The fraction of sp³-hybridized carbons (Fsp3) is 0.500. The number of rotatable bonds is 6. The fourth-order valence-electron chi connectivity index (χ4n) is 3.53. The molecule has 2 atom stereocenters. The maximum absolute atomic E-state index is 12.6. The van der Waals surface area contributed by atoms with Gasteiger partial charge in [0.1, 0.15) is 17.8 Å². The van der Waals surface area contributed by atoms with E-state index in [1.54, 1.807) is 19.6 Å². The summed E-state index contributed by atoms with van der Waals surface area (Å²) in [6, 6.07) is 6.38. The highest BCUT2D eigenvalue weighted by Crippen LogP contribution is 2.36. The number of anilines is 1. The molecule has 0 spiro atoms. The Balaban J connectivity index is 1.43. The SMILES string of the molecule is CO[C@@H]1C[C@H](CNC(=O)c2cccn2C2CC2)N(c2ccncn2)C1. The minimum atomic E-state index is -0.0135. The lowest BCUT2D eigenvalue weighted by atomic mass is 10.2. The molecule has 2 aliphatic rings. The molecular formula is C18H23N5O2. The van der Waals surface area contributed by atoms with Crippen molar-refractivity contribution in [3.05, 3.63) is 42.6 Å². The zero-order chi connectivity index (χ0) is 17.2. The van der Waals surface area contributed by atoms with Gasteiger partial charge in [0.2, 0.25) is 0 Å². The second kappa shape index (κ2) is 6.84. The first kappa shape index (κ1) is 16.1. The third-order valence-corrected chi connectivity index (χ3v) is 5.02. The van der Waals surface area contributed by atoms with Crippen LogP contribution in [-0.2, 0) is 4.74 Å². The molecule has 7 heteroatoms. The van der Waals surface area contributed by atoms with Gasteiger partial charge >= 0.3 is 0 Å². The van der Waals surface area contributed by atoms with Crippen molar-refractivity contribution in [3.8, 4) is 0 Å². The van der Waals surface area contributed by atoms with Gasteiger partial charge in [0, 0.05) is 38.6 Å². The monoisotopic (exact) mass is 341 g/mol. The normalized spacial score (nSPS) is 23.0. The van der Waals surface area contributed by atoms with Crippen LogP contribution in [-0.4, -0.2) is 52.8 Å². The predicted octanol–water partition coefficient (Wildman–Crippen LogP) is 1.64. The number of nitrogens with zero attached hydrogens (tertiary/aromatic N) is 4. The zero-order valence-corrected chi connectivity index (χ0v) is 14.3. The van der Waals surface area contributed by atoms with E-state index in [1.807, 2.05) is 24.4 Å². The van der Waals surface area contributed by atoms with E-state index in [1.165, 1.54) is 0 Å². The summed E-state index contributed by atoms with van der Waals surface area (Å²) < 4.78 is 7.62. The summed E-state index contributed by atoms with van der Waals surface area (Å²) >= 11 is 0. The third-order valence-electron chi connectivity index (χ3n) is 5.02. The van der Waals surface area contributed by atoms with E-state index in [-0.39, 0.29) is 18.1 Å². The smallest absolute Gasteiger partial charge is 0.267 e. The standard InChI is InChI=1S/C18H23N5O2/c1-25-15-9-14(23(11-15)17-6-7-19-12-21-17)10-20-18(24)16-3-2-8-22(16)13-4-5-13/h2-3,6-8,12-15H,4-5,9-11H2,1H3,(H,20,24)/t14-,15-/m1/s1. The Hall–Kier alpha value is -2.41. The largest absolute Gasteiger partial charge is 0.380 e. The van der Waals surface area contributed by atoms with E-state index in [0.29, 0.717) is 12.6 Å². The molecular weight excluding hydrogens is 318 g/mol. The second-order valence-electron chi connectivity index (χ2n) is 6.71. The number of carbonyl (C=O) groups is 1. The van der Waals surface area contributed by atoms with Crippen molar-refractivity contribution in [2.75, 3.05) is 25.1 Å². The van der Waals surface area contributed by atoms with Crippen LogP contribution in [0.3, 0.4) is 0 Å². The first-order chi connectivity index (χ1) is 12.3. The Morgan fingerprint density at radius 3 is 3.00 bits per heavy atom. The van der Waals surface area contributed by atoms with E-state index in [9.17, 15) is 4.79 Å². The van der Waals surface area contributed by atoms with Gasteiger partial charge in [-0.3, -0.25) is 4.79 Å². The number of hydrogen-bond donors (Lipinski definition) is 1. The first-order valence-corrected chi connectivity index (χ1v) is 8.76. The Morgan fingerprint density at radius 1 is 1.40 bits per heavy atom. The van der Waals surface area contributed by atoms with Crippen molar-refractivity contribution in [1.82, 2.24) is 19.9 Å². The van der Waals surface area contributed by atoms with Crippen molar-refractivity contribution in [2.24, 2.45) is 0 Å². The second-order valence-corrected chi connectivity index (χ2v) is 6.71. The Morgan fingerprint density at radius 2 is 2.28 bits per heavy atom. The topological polar surface area (TPSA) is 72.3 Å². The van der Waals surface area contributed by atoms with Crippen molar-refractivity contribution >= 4 is 11.7 Å². The summed E-state index contributed by atoms with van der Waals surface area (Å²) in [5.41, 5.74) is 0.748. The Kier molecular flexibility index (Phi) is 4.40. The predicted molar refractivity (Wildman–Crippen MR) is 93.6 cm³/mol. The van der Waals surface area contributed by atoms with E-state index in [2.05, 4.69) is 24.8 Å². The van der Waals surface area contributed by atoms with Crippen molar-refractivity contribution in [1.29, 1.82) is 0 Å². The fourth-order valence-corrected chi connectivity index (χ4v) is 3.53. The van der Waals surface area contributed by atoms with Crippen LogP contribution >= 0.6 is 0 Å². The quantitative estimate of drug-likeness (QED) is 0.865. The van der Waals surface area contributed by atoms with E-state index in [0.717, 1.165) is 37.3 Å². The molecule has 2 aromatic heterocycles. The van der Waals surface area contributed by atoms with Gasteiger partial charge in [0.15, 0.2) is 0 Å². The minimum Gasteiger partial charge on any atom is -0.380 e. The van der Waals surface area contributed by atoms with Crippen LogP contribution in [0.5, 0.6) is 0 Å². The van der Waals surface area contributed by atoms with Crippen LogP contribution in [0.15, 0.2) is 36.9 Å². The van der Waals surface area contributed by atoms with Crippen LogP contribution in [0.4, 0.5) is 5.82 Å². The molecule has 1 amide bonds. The average molecular weight is 341 g/mol. The lowest BCUT2D eigenvalue weighted by molar-refractivity contribution is 0.0937. The summed E-state index contributed by atoms with van der Waals surface area (Å²) in [4.78, 5) is 23.1. The van der Waals surface area contributed by atoms with Gasteiger partial charge in [-0.1, -0.05) is 0 Å². The highest BCUT2D eigenvalue weighted by molar-refractivity contribution is 5.92. The lowest BCUT2D eigenvalue weighted by Crippen LogP contribution is -2.41. The molecule has 1 saturated carbocycles. The molecule has 0 unspecified atom stereocenters. The molecule has 3 heterocycles. The molecule has 4 rings (SSSR count). The summed E-state index contributed by atoms with van der Waals surface area (Å²) in [6.45, 7) is 1.34. The molecule has 0 radical (unpaired) electrons. The highest BCUT2D eigenvalue weighted by Gasteiger charge is 2.33. The van der Waals surface area contributed by atoms with Crippen LogP contribution in [0.25, 0.3) is 0 Å². The molecule has 1 saturated heterocycles. The number of ether oxygens (including phenoxy) is 1. The Bertz CT molecular complexity index is 728. The minimum absolute atomic E-state index is 0.0135. The molecule has 1 aliphatic carbocycles. The van der Waals surface area contributed by atoms with Crippen LogP contribution in [0.1, 0.15) is 35.8 Å². The number of carbonyl (C=O) groups excluding carboxylic acids is 1. The maximum Gasteiger partial charge on any atom is 0.267 e. The lowest BCUT2D eigenvalue weighted by Gasteiger charge is -2.25. The van der Waals surface area contributed by atoms with Gasteiger partial charge in [-0.05, 0) is 37.5 Å². The first-order valence-electron chi connectivity index (χ1n) is 8.76. The van der Waals surface area contributed by atoms with Gasteiger partial charge in [-0.2, -0.15) is 0 Å². The number of amides is 1. The van der Waals surface area contributed by atoms with Crippen LogP contribution in [0, 0.1) is 0 Å². The molecule has 0 bridgehead atoms. The number of nitrogens with one attached hydrogen (secondary N) is 1. The number of methoxy groups -OCH3 is 1. The maximum atomic E-state index is 12.6. The van der Waals surface area contributed by atoms with Gasteiger partial charge in [-0.15, -0.1) is 0 Å². The van der Waals surface area contributed by atoms with Crippen LogP contribution < -0.4 is 10.2 Å². The number of hydrogen-bond acceptors (Lipinski definition) is 5. The summed E-state index contributed by atoms with van der Waals surface area (Å²) in [5.74, 6) is 0.857. The molecule has 2 fully saturated rings.